The minimum absolute atomic E-state index is 0.161. The minimum atomic E-state index is -1.19. The SMILES string of the molecule is COCCNC(=O)c1ccc(-c2nc(CS(=O)c3ccccc3)c(C)o2)cc1. The number of aryl methyl sites for hydroxylation is 1. The summed E-state index contributed by atoms with van der Waals surface area (Å²) in [5.74, 6) is 1.22. The predicted octanol–water partition coefficient (Wildman–Crippen LogP) is 3.33. The van der Waals surface area contributed by atoms with Crippen molar-refractivity contribution in [3.05, 3.63) is 71.6 Å². The van der Waals surface area contributed by atoms with Gasteiger partial charge in [0.25, 0.3) is 5.91 Å². The molecule has 0 fully saturated rings. The zero-order valence-electron chi connectivity index (χ0n) is 15.8. The van der Waals surface area contributed by atoms with E-state index in [4.69, 9.17) is 9.15 Å². The molecule has 1 N–H and O–H groups in total. The first-order valence-electron chi connectivity index (χ1n) is 8.86. The zero-order valence-corrected chi connectivity index (χ0v) is 16.6. The second kappa shape index (κ2) is 9.43. The van der Waals surface area contributed by atoms with Crippen molar-refractivity contribution < 1.29 is 18.2 Å². The number of rotatable bonds is 8. The van der Waals surface area contributed by atoms with Gasteiger partial charge in [0, 0.05) is 29.7 Å². The normalized spacial score (nSPS) is 11.9. The van der Waals surface area contributed by atoms with Crippen LogP contribution < -0.4 is 5.32 Å². The van der Waals surface area contributed by atoms with Crippen LogP contribution in [0.4, 0.5) is 0 Å². The quantitative estimate of drug-likeness (QED) is 0.589. The molecule has 6 nitrogen and oxygen atoms in total. The lowest BCUT2D eigenvalue weighted by molar-refractivity contribution is 0.0937. The molecule has 3 aromatic rings. The molecule has 2 aromatic carbocycles. The van der Waals surface area contributed by atoms with E-state index >= 15 is 0 Å². The summed E-state index contributed by atoms with van der Waals surface area (Å²) in [5.41, 5.74) is 1.97. The number of nitrogens with zero attached hydrogens (tertiary/aromatic N) is 1. The van der Waals surface area contributed by atoms with Crippen LogP contribution in [0, 0.1) is 6.92 Å². The van der Waals surface area contributed by atoms with Gasteiger partial charge in [-0.05, 0) is 43.3 Å². The Morgan fingerprint density at radius 1 is 1.14 bits per heavy atom. The number of aromatic nitrogens is 1. The number of carbonyl (C=O) groups excluding carboxylic acids is 1. The van der Waals surface area contributed by atoms with Crippen LogP contribution in [0.2, 0.25) is 0 Å². The average Bonchev–Trinajstić information content (AvgIpc) is 3.09. The molecule has 0 aliphatic carbocycles. The lowest BCUT2D eigenvalue weighted by Crippen LogP contribution is -2.26. The second-order valence-corrected chi connectivity index (χ2v) is 7.60. The van der Waals surface area contributed by atoms with Crippen LogP contribution in [0.1, 0.15) is 21.8 Å². The molecule has 0 radical (unpaired) electrons. The molecule has 0 aliphatic rings. The molecule has 0 spiro atoms. The Bertz CT molecular complexity index is 952. The van der Waals surface area contributed by atoms with Gasteiger partial charge < -0.3 is 14.5 Å². The lowest BCUT2D eigenvalue weighted by atomic mass is 10.1. The molecule has 0 bridgehead atoms. The summed E-state index contributed by atoms with van der Waals surface area (Å²) < 4.78 is 23.2. The Labute approximate surface area is 166 Å². The number of amides is 1. The zero-order chi connectivity index (χ0) is 19.9. The second-order valence-electron chi connectivity index (χ2n) is 6.15. The summed E-state index contributed by atoms with van der Waals surface area (Å²) in [6, 6.07) is 16.3. The molecule has 1 atom stereocenters. The number of benzene rings is 2. The van der Waals surface area contributed by atoms with Gasteiger partial charge in [-0.3, -0.25) is 9.00 Å². The Hall–Kier alpha value is -2.77. The number of hydrogen-bond acceptors (Lipinski definition) is 5. The maximum atomic E-state index is 12.5. The average molecular weight is 398 g/mol. The van der Waals surface area contributed by atoms with Crippen molar-refractivity contribution in [2.75, 3.05) is 20.3 Å². The molecule has 3 rings (SSSR count). The standard InChI is InChI=1S/C21H22N2O4S/c1-15-19(14-28(25)18-6-4-3-5-7-18)23-21(27-15)17-10-8-16(9-11-17)20(24)22-12-13-26-2/h3-11H,12-14H2,1-2H3,(H,22,24). The van der Waals surface area contributed by atoms with Gasteiger partial charge in [-0.15, -0.1) is 0 Å². The highest BCUT2D eigenvalue weighted by atomic mass is 32.2. The van der Waals surface area contributed by atoms with Crippen LogP contribution in [-0.2, 0) is 21.3 Å². The summed E-state index contributed by atoms with van der Waals surface area (Å²) in [6.45, 7) is 2.73. The van der Waals surface area contributed by atoms with Crippen LogP contribution in [0.25, 0.3) is 11.5 Å². The smallest absolute Gasteiger partial charge is 0.251 e. The molecule has 1 heterocycles. The van der Waals surface area contributed by atoms with Crippen molar-refractivity contribution in [2.45, 2.75) is 17.6 Å². The Morgan fingerprint density at radius 2 is 1.86 bits per heavy atom. The Balaban J connectivity index is 1.70. The fourth-order valence-corrected chi connectivity index (χ4v) is 3.74. The molecule has 7 heteroatoms. The molecule has 1 amide bonds. The van der Waals surface area contributed by atoms with Gasteiger partial charge >= 0.3 is 0 Å². The van der Waals surface area contributed by atoms with E-state index in [2.05, 4.69) is 10.3 Å². The van der Waals surface area contributed by atoms with E-state index in [1.54, 1.807) is 31.4 Å². The van der Waals surface area contributed by atoms with Crippen molar-refractivity contribution in [1.29, 1.82) is 0 Å². The number of methoxy groups -OCH3 is 1. The largest absolute Gasteiger partial charge is 0.441 e. The molecular weight excluding hydrogens is 376 g/mol. The van der Waals surface area contributed by atoms with Crippen molar-refractivity contribution in [3.63, 3.8) is 0 Å². The number of oxazole rings is 1. The van der Waals surface area contributed by atoms with E-state index in [0.29, 0.717) is 41.8 Å². The van der Waals surface area contributed by atoms with Crippen LogP contribution in [0.3, 0.4) is 0 Å². The third kappa shape index (κ3) is 4.94. The Morgan fingerprint density at radius 3 is 2.54 bits per heavy atom. The monoisotopic (exact) mass is 398 g/mol. The molecule has 0 saturated heterocycles. The van der Waals surface area contributed by atoms with E-state index in [1.807, 2.05) is 37.3 Å². The first-order valence-corrected chi connectivity index (χ1v) is 10.2. The van der Waals surface area contributed by atoms with E-state index in [0.717, 1.165) is 10.5 Å². The van der Waals surface area contributed by atoms with Gasteiger partial charge in [0.05, 0.1) is 28.9 Å². The molecular formula is C21H22N2O4S. The number of carbonyl (C=O) groups is 1. The third-order valence-corrected chi connectivity index (χ3v) is 5.49. The van der Waals surface area contributed by atoms with E-state index in [9.17, 15) is 9.00 Å². The highest BCUT2D eigenvalue weighted by molar-refractivity contribution is 7.84. The van der Waals surface area contributed by atoms with Crippen molar-refractivity contribution >= 4 is 16.7 Å². The maximum absolute atomic E-state index is 12.5. The molecule has 1 unspecified atom stereocenters. The third-order valence-electron chi connectivity index (χ3n) is 4.15. The van der Waals surface area contributed by atoms with Crippen LogP contribution in [-0.4, -0.2) is 35.4 Å². The van der Waals surface area contributed by atoms with Gasteiger partial charge in [-0.1, -0.05) is 18.2 Å². The summed E-state index contributed by atoms with van der Waals surface area (Å²) in [7, 11) is 0.399. The summed E-state index contributed by atoms with van der Waals surface area (Å²) in [5, 5.41) is 2.77. The summed E-state index contributed by atoms with van der Waals surface area (Å²) >= 11 is 0. The van der Waals surface area contributed by atoms with Crippen LogP contribution in [0.5, 0.6) is 0 Å². The van der Waals surface area contributed by atoms with Gasteiger partial charge in [0.15, 0.2) is 0 Å². The highest BCUT2D eigenvalue weighted by Gasteiger charge is 2.15. The molecule has 0 aliphatic heterocycles. The van der Waals surface area contributed by atoms with Gasteiger partial charge in [-0.25, -0.2) is 4.98 Å². The predicted molar refractivity (Wildman–Crippen MR) is 107 cm³/mol. The Kier molecular flexibility index (Phi) is 6.73. The van der Waals surface area contributed by atoms with Crippen LogP contribution in [0.15, 0.2) is 63.9 Å². The van der Waals surface area contributed by atoms with E-state index in [1.165, 1.54) is 0 Å². The topological polar surface area (TPSA) is 81.4 Å². The molecule has 28 heavy (non-hydrogen) atoms. The van der Waals surface area contributed by atoms with E-state index < -0.39 is 10.8 Å². The first-order chi connectivity index (χ1) is 13.6. The molecule has 1 aromatic heterocycles. The van der Waals surface area contributed by atoms with Crippen molar-refractivity contribution in [1.82, 2.24) is 10.3 Å². The highest BCUT2D eigenvalue weighted by Crippen LogP contribution is 2.24. The van der Waals surface area contributed by atoms with Crippen molar-refractivity contribution in [3.8, 4) is 11.5 Å². The van der Waals surface area contributed by atoms with Crippen molar-refractivity contribution in [2.24, 2.45) is 0 Å². The van der Waals surface area contributed by atoms with Gasteiger partial charge in [-0.2, -0.15) is 0 Å². The summed E-state index contributed by atoms with van der Waals surface area (Å²) in [6.07, 6.45) is 0. The number of ether oxygens (including phenoxy) is 1. The van der Waals surface area contributed by atoms with Gasteiger partial charge in [0.1, 0.15) is 5.76 Å². The first kappa shape index (κ1) is 20.0. The minimum Gasteiger partial charge on any atom is -0.441 e. The number of nitrogens with one attached hydrogen (secondary N) is 1. The fraction of sp³-hybridized carbons (Fsp3) is 0.238. The lowest BCUT2D eigenvalue weighted by Gasteiger charge is -2.04. The molecule has 0 saturated carbocycles. The fourth-order valence-electron chi connectivity index (χ4n) is 2.60. The van der Waals surface area contributed by atoms with Crippen LogP contribution >= 0.6 is 0 Å². The van der Waals surface area contributed by atoms with E-state index in [-0.39, 0.29) is 5.91 Å². The van der Waals surface area contributed by atoms with Gasteiger partial charge in [0.2, 0.25) is 5.89 Å². The maximum Gasteiger partial charge on any atom is 0.251 e. The molecule has 146 valence electrons. The number of hydrogen-bond donors (Lipinski definition) is 1. The summed E-state index contributed by atoms with van der Waals surface area (Å²) in [4.78, 5) is 17.3.